The molecule has 0 spiro atoms. The Bertz CT molecular complexity index is 87.8. The van der Waals surface area contributed by atoms with Crippen LogP contribution in [0.5, 0.6) is 0 Å². The zero-order valence-electron chi connectivity index (χ0n) is 6.78. The first kappa shape index (κ1) is 10.6. The molecule has 11 heavy (non-hydrogen) atoms. The van der Waals surface area contributed by atoms with E-state index in [1.807, 2.05) is 0 Å². The van der Waals surface area contributed by atoms with E-state index in [2.05, 4.69) is 5.32 Å². The third kappa shape index (κ3) is 9.55. The predicted octanol–water partition coefficient (Wildman–Crippen LogP) is 0.222. The standard InChI is InChI=1S/C7H14NO3/c1-8-2-4-10-6-7-11-5-3-9/h3H,2,4-7H2,1H3/q-1. The summed E-state index contributed by atoms with van der Waals surface area (Å²) in [5, 5.41) is 3.85. The first-order chi connectivity index (χ1) is 5.41. The van der Waals surface area contributed by atoms with Crippen molar-refractivity contribution in [3.8, 4) is 0 Å². The van der Waals surface area contributed by atoms with Gasteiger partial charge in [-0.2, -0.15) is 7.05 Å². The quantitative estimate of drug-likeness (QED) is 0.377. The molecule has 0 heterocycles. The van der Waals surface area contributed by atoms with Crippen LogP contribution in [0.2, 0.25) is 0 Å². The highest BCUT2D eigenvalue weighted by Gasteiger charge is 1.85. The van der Waals surface area contributed by atoms with Gasteiger partial charge in [-0.1, -0.05) is 0 Å². The summed E-state index contributed by atoms with van der Waals surface area (Å²) < 4.78 is 9.93. The van der Waals surface area contributed by atoms with Gasteiger partial charge in [0.2, 0.25) is 0 Å². The summed E-state index contributed by atoms with van der Waals surface area (Å²) >= 11 is 0. The van der Waals surface area contributed by atoms with E-state index in [-0.39, 0.29) is 6.61 Å². The molecule has 0 aromatic rings. The third-order valence-corrected chi connectivity index (χ3v) is 1.02. The van der Waals surface area contributed by atoms with E-state index in [9.17, 15) is 4.79 Å². The minimum Gasteiger partial charge on any atom is -0.663 e. The molecule has 0 N–H and O–H groups in total. The van der Waals surface area contributed by atoms with Gasteiger partial charge in [-0.3, -0.25) is 0 Å². The predicted molar refractivity (Wildman–Crippen MR) is 41.9 cm³/mol. The number of rotatable bonds is 8. The highest BCUT2D eigenvalue weighted by Crippen LogP contribution is 1.80. The molecule has 0 rings (SSSR count). The number of hydrogen-bond donors (Lipinski definition) is 0. The lowest BCUT2D eigenvalue weighted by molar-refractivity contribution is -0.112. The summed E-state index contributed by atoms with van der Waals surface area (Å²) in [7, 11) is 1.74. The van der Waals surface area contributed by atoms with Crippen molar-refractivity contribution in [2.75, 3.05) is 40.0 Å². The van der Waals surface area contributed by atoms with Crippen LogP contribution in [0.4, 0.5) is 0 Å². The Morgan fingerprint density at radius 1 is 1.27 bits per heavy atom. The lowest BCUT2D eigenvalue weighted by Crippen LogP contribution is -2.07. The van der Waals surface area contributed by atoms with Gasteiger partial charge in [0, 0.05) is 6.61 Å². The first-order valence-electron chi connectivity index (χ1n) is 3.56. The maximum Gasteiger partial charge on any atom is 0.145 e. The van der Waals surface area contributed by atoms with Gasteiger partial charge in [-0.05, 0) is 0 Å². The molecule has 66 valence electrons. The van der Waals surface area contributed by atoms with Gasteiger partial charge in [0.05, 0.1) is 13.2 Å². The fourth-order valence-electron chi connectivity index (χ4n) is 0.507. The van der Waals surface area contributed by atoms with Gasteiger partial charge in [0.1, 0.15) is 12.9 Å². The van der Waals surface area contributed by atoms with Crippen LogP contribution in [0.25, 0.3) is 5.32 Å². The van der Waals surface area contributed by atoms with Crippen LogP contribution in [-0.4, -0.2) is 46.3 Å². The summed E-state index contributed by atoms with van der Waals surface area (Å²) in [4.78, 5) is 9.76. The number of ether oxygens (including phenoxy) is 2. The second-order valence-electron chi connectivity index (χ2n) is 1.89. The van der Waals surface area contributed by atoms with Crippen LogP contribution < -0.4 is 0 Å². The van der Waals surface area contributed by atoms with Crippen LogP contribution in [0.15, 0.2) is 0 Å². The summed E-state index contributed by atoms with van der Waals surface area (Å²) in [6.07, 6.45) is 0.724. The van der Waals surface area contributed by atoms with Gasteiger partial charge in [-0.25, -0.2) is 0 Å². The van der Waals surface area contributed by atoms with Crippen LogP contribution in [0.1, 0.15) is 0 Å². The fraction of sp³-hybridized carbons (Fsp3) is 0.857. The van der Waals surface area contributed by atoms with E-state index < -0.39 is 0 Å². The maximum absolute atomic E-state index is 9.76. The highest BCUT2D eigenvalue weighted by molar-refractivity contribution is 5.50. The van der Waals surface area contributed by atoms with Gasteiger partial charge >= 0.3 is 0 Å². The smallest absolute Gasteiger partial charge is 0.145 e. The van der Waals surface area contributed by atoms with Crippen molar-refractivity contribution in [2.45, 2.75) is 0 Å². The molecular weight excluding hydrogens is 146 g/mol. The minimum absolute atomic E-state index is 0.154. The van der Waals surface area contributed by atoms with Gasteiger partial charge in [0.15, 0.2) is 0 Å². The van der Waals surface area contributed by atoms with E-state index >= 15 is 0 Å². The highest BCUT2D eigenvalue weighted by atomic mass is 16.5. The molecule has 0 aliphatic carbocycles. The Morgan fingerprint density at radius 2 is 2.00 bits per heavy atom. The molecule has 0 fully saturated rings. The van der Waals surface area contributed by atoms with Crippen LogP contribution in [0, 0.1) is 0 Å². The molecule has 0 aliphatic rings. The molecule has 0 saturated heterocycles. The van der Waals surface area contributed by atoms with Crippen molar-refractivity contribution in [2.24, 2.45) is 0 Å². The number of carbonyl (C=O) groups excluding carboxylic acids is 1. The van der Waals surface area contributed by atoms with Gasteiger partial charge in [-0.15, -0.1) is 6.54 Å². The van der Waals surface area contributed by atoms with Crippen molar-refractivity contribution in [1.82, 2.24) is 0 Å². The van der Waals surface area contributed by atoms with Crippen LogP contribution in [0.3, 0.4) is 0 Å². The van der Waals surface area contributed by atoms with Crippen LogP contribution >= 0.6 is 0 Å². The molecule has 0 radical (unpaired) electrons. The molecule has 0 atom stereocenters. The average molecular weight is 160 g/mol. The molecule has 0 saturated carbocycles. The van der Waals surface area contributed by atoms with Crippen molar-refractivity contribution in [3.05, 3.63) is 5.32 Å². The van der Waals surface area contributed by atoms with Crippen molar-refractivity contribution in [3.63, 3.8) is 0 Å². The minimum atomic E-state index is 0.154. The zero-order chi connectivity index (χ0) is 8.36. The number of carbonyl (C=O) groups is 1. The van der Waals surface area contributed by atoms with Crippen molar-refractivity contribution < 1.29 is 14.3 Å². The second kappa shape index (κ2) is 9.55. The Hall–Kier alpha value is -0.450. The Labute approximate surface area is 66.9 Å². The Kier molecular flexibility index (Phi) is 9.16. The van der Waals surface area contributed by atoms with Gasteiger partial charge < -0.3 is 19.6 Å². The van der Waals surface area contributed by atoms with Crippen molar-refractivity contribution >= 4 is 6.29 Å². The van der Waals surface area contributed by atoms with E-state index in [1.54, 1.807) is 7.05 Å². The van der Waals surface area contributed by atoms with E-state index in [0.717, 1.165) is 6.29 Å². The third-order valence-electron chi connectivity index (χ3n) is 1.02. The molecule has 0 aromatic heterocycles. The summed E-state index contributed by atoms with van der Waals surface area (Å²) in [6.45, 7) is 2.50. The lowest BCUT2D eigenvalue weighted by Gasteiger charge is -2.10. The lowest BCUT2D eigenvalue weighted by atomic mass is 10.7. The molecular formula is C7H14NO3-. The van der Waals surface area contributed by atoms with E-state index in [1.165, 1.54) is 0 Å². The molecule has 0 unspecified atom stereocenters. The Morgan fingerprint density at radius 3 is 2.64 bits per heavy atom. The first-order valence-corrected chi connectivity index (χ1v) is 3.56. The number of likely N-dealkylation sites (N-methyl/N-ethyl adjacent to an activating group) is 1. The molecule has 4 nitrogen and oxygen atoms in total. The molecule has 0 aromatic carbocycles. The summed E-state index contributed by atoms with van der Waals surface area (Å²) in [5.41, 5.74) is 0. The topological polar surface area (TPSA) is 49.6 Å². The molecule has 4 heteroatoms. The van der Waals surface area contributed by atoms with Crippen LogP contribution in [-0.2, 0) is 14.3 Å². The molecule has 0 bridgehead atoms. The SMILES string of the molecule is C[N-]CCOCCOCC=O. The molecule has 0 aliphatic heterocycles. The number of aldehydes is 1. The van der Waals surface area contributed by atoms with E-state index in [0.29, 0.717) is 26.4 Å². The Balaban J connectivity index is 2.74. The average Bonchev–Trinajstić information content (AvgIpc) is 2.03. The number of nitrogens with zero attached hydrogens (tertiary/aromatic N) is 1. The summed E-state index contributed by atoms with van der Waals surface area (Å²) in [5.74, 6) is 0. The normalized spacial score (nSPS) is 9.91. The fourth-order valence-corrected chi connectivity index (χ4v) is 0.507. The maximum atomic E-state index is 9.76. The monoisotopic (exact) mass is 160 g/mol. The van der Waals surface area contributed by atoms with Gasteiger partial charge in [0.25, 0.3) is 0 Å². The number of hydrogen-bond acceptors (Lipinski definition) is 3. The van der Waals surface area contributed by atoms with Crippen molar-refractivity contribution in [1.29, 1.82) is 0 Å². The summed E-state index contributed by atoms with van der Waals surface area (Å²) in [6, 6.07) is 0. The zero-order valence-corrected chi connectivity index (χ0v) is 6.78. The molecule has 0 amide bonds. The largest absolute Gasteiger partial charge is 0.663 e. The van der Waals surface area contributed by atoms with E-state index in [4.69, 9.17) is 9.47 Å². The second-order valence-corrected chi connectivity index (χ2v) is 1.89.